The summed E-state index contributed by atoms with van der Waals surface area (Å²) in [6.07, 6.45) is 2.28. The van der Waals surface area contributed by atoms with E-state index in [0.29, 0.717) is 25.9 Å². The third kappa shape index (κ3) is 8.04. The van der Waals surface area contributed by atoms with E-state index in [2.05, 4.69) is 20.7 Å². The number of fused-ring (bicyclic) bond motifs is 1. The number of carboxylic acid groups (broad SMARTS) is 1. The molecule has 3 aromatic rings. The number of halogens is 2. The van der Waals surface area contributed by atoms with Gasteiger partial charge in [0.15, 0.2) is 5.82 Å². The quantitative estimate of drug-likeness (QED) is 0.146. The van der Waals surface area contributed by atoms with Crippen LogP contribution in [0.2, 0.25) is 0 Å². The maximum atomic E-state index is 16.1. The molecule has 1 aromatic heterocycles. The van der Waals surface area contributed by atoms with Gasteiger partial charge in [-0.15, -0.1) is 0 Å². The molecule has 0 saturated carbocycles. The minimum absolute atomic E-state index is 0.119. The molecule has 1 atom stereocenters. The summed E-state index contributed by atoms with van der Waals surface area (Å²) in [6.45, 7) is 2.32. The number of sulfonamides is 1. The fraction of sp³-hybridized carbons (Fsp3) is 0.414. The molecule has 44 heavy (non-hydrogen) atoms. The van der Waals surface area contributed by atoms with E-state index in [1.54, 1.807) is 6.92 Å². The van der Waals surface area contributed by atoms with Crippen molar-refractivity contribution >= 4 is 39.0 Å². The Hall–Kier alpha value is -3.76. The summed E-state index contributed by atoms with van der Waals surface area (Å²) in [7, 11) is -4.01. The van der Waals surface area contributed by atoms with Gasteiger partial charge in [-0.3, -0.25) is 30.3 Å². The van der Waals surface area contributed by atoms with Crippen LogP contribution in [0.3, 0.4) is 0 Å². The van der Waals surface area contributed by atoms with Crippen molar-refractivity contribution in [1.82, 2.24) is 25.2 Å². The van der Waals surface area contributed by atoms with E-state index in [9.17, 15) is 27.9 Å². The van der Waals surface area contributed by atoms with Crippen molar-refractivity contribution in [1.29, 1.82) is 0 Å². The van der Waals surface area contributed by atoms with Gasteiger partial charge >= 0.3 is 5.97 Å². The third-order valence-electron chi connectivity index (χ3n) is 7.32. The number of aryl methyl sites for hydroxylation is 2. The number of aliphatic carboxylic acids is 1. The lowest BCUT2D eigenvalue weighted by Crippen LogP contribution is -2.49. The van der Waals surface area contributed by atoms with E-state index in [4.69, 9.17) is 0 Å². The monoisotopic (exact) mass is 634 g/mol. The zero-order valence-corrected chi connectivity index (χ0v) is 25.0. The maximum absolute atomic E-state index is 16.1. The molecule has 15 heteroatoms. The van der Waals surface area contributed by atoms with Crippen molar-refractivity contribution in [3.05, 3.63) is 75.6 Å². The van der Waals surface area contributed by atoms with Crippen LogP contribution in [-0.2, 0) is 39.1 Å². The number of amides is 1. The predicted octanol–water partition coefficient (Wildman–Crippen LogP) is 1.22. The fourth-order valence-corrected chi connectivity index (χ4v) is 6.37. The molecular weight excluding hydrogens is 598 g/mol. The Morgan fingerprint density at radius 1 is 1.23 bits per heavy atom. The lowest BCUT2D eigenvalue weighted by molar-refractivity contribution is -0.138. The minimum Gasteiger partial charge on any atom is -0.480 e. The first-order chi connectivity index (χ1) is 21.0. The number of carboxylic acids is 1. The van der Waals surface area contributed by atoms with Gasteiger partial charge in [-0.2, -0.15) is 4.72 Å². The molecular formula is C29H36F2N6O6S. The van der Waals surface area contributed by atoms with Crippen molar-refractivity contribution in [2.75, 3.05) is 30.3 Å². The second-order valence-corrected chi connectivity index (χ2v) is 12.4. The molecule has 0 aliphatic carbocycles. The lowest BCUT2D eigenvalue weighted by Gasteiger charge is -2.24. The molecule has 1 fully saturated rings. The van der Waals surface area contributed by atoms with Crippen LogP contribution in [0.25, 0.3) is 10.9 Å². The highest BCUT2D eigenvalue weighted by Gasteiger charge is 2.29. The van der Waals surface area contributed by atoms with E-state index in [1.165, 1.54) is 10.8 Å². The number of anilines is 1. The van der Waals surface area contributed by atoms with Crippen molar-refractivity contribution in [3.8, 4) is 0 Å². The standard InChI is InChI=1S/C29H36F2N6O6S/c1-2-3-13-44(42,43)35-23(28(40)41)16-37(18-38)24-17-36(12-9-19-7-5-4-6-8-19)26-20(27(24)39)14-22(30)21(25(26)31)15-34-29-32-10-11-33-29/h4-8,14,17-18,23,29,32-35H,2-3,9-13,15-16H2,1H3,(H,40,41). The van der Waals surface area contributed by atoms with E-state index >= 15 is 8.78 Å². The van der Waals surface area contributed by atoms with Gasteiger partial charge in [0.2, 0.25) is 21.9 Å². The Morgan fingerprint density at radius 2 is 1.93 bits per heavy atom. The third-order valence-corrected chi connectivity index (χ3v) is 8.79. The second kappa shape index (κ2) is 14.8. The summed E-state index contributed by atoms with van der Waals surface area (Å²) < 4.78 is 59.7. The average Bonchev–Trinajstić information content (AvgIpc) is 3.52. The van der Waals surface area contributed by atoms with Crippen LogP contribution in [-0.4, -0.2) is 68.2 Å². The normalized spacial score (nSPS) is 14.6. The molecule has 0 bridgehead atoms. The van der Waals surface area contributed by atoms with Crippen LogP contribution in [0.5, 0.6) is 0 Å². The molecule has 1 saturated heterocycles. The summed E-state index contributed by atoms with van der Waals surface area (Å²) in [5, 5.41) is 18.5. The van der Waals surface area contributed by atoms with Gasteiger partial charge in [-0.05, 0) is 24.5 Å². The molecule has 2 heterocycles. The lowest BCUT2D eigenvalue weighted by atomic mass is 10.1. The number of rotatable bonds is 16. The molecule has 1 unspecified atom stereocenters. The van der Waals surface area contributed by atoms with Crippen molar-refractivity contribution < 1.29 is 31.9 Å². The molecule has 1 aliphatic heterocycles. The van der Waals surface area contributed by atoms with Gasteiger partial charge in [0.25, 0.3) is 0 Å². The summed E-state index contributed by atoms with van der Waals surface area (Å²) in [5.74, 6) is -3.82. The maximum Gasteiger partial charge on any atom is 0.323 e. The Bertz CT molecular complexity index is 1650. The van der Waals surface area contributed by atoms with Crippen LogP contribution in [0.1, 0.15) is 30.9 Å². The van der Waals surface area contributed by atoms with E-state index in [0.717, 1.165) is 16.5 Å². The molecule has 4 rings (SSSR count). The van der Waals surface area contributed by atoms with Gasteiger partial charge in [0, 0.05) is 37.9 Å². The van der Waals surface area contributed by atoms with E-state index in [-0.39, 0.29) is 60.1 Å². The number of nitrogens with zero attached hydrogens (tertiary/aromatic N) is 2. The molecule has 1 aliphatic rings. The van der Waals surface area contributed by atoms with E-state index in [1.807, 2.05) is 30.3 Å². The Labute approximate surface area is 253 Å². The zero-order valence-electron chi connectivity index (χ0n) is 24.2. The number of nitrogens with one attached hydrogen (secondary N) is 4. The number of benzene rings is 2. The Kier molecular flexibility index (Phi) is 11.2. The smallest absolute Gasteiger partial charge is 0.323 e. The van der Waals surface area contributed by atoms with Gasteiger partial charge in [0.1, 0.15) is 23.8 Å². The average molecular weight is 635 g/mol. The van der Waals surface area contributed by atoms with Gasteiger partial charge in [0.05, 0.1) is 23.2 Å². The van der Waals surface area contributed by atoms with Crippen LogP contribution in [0.15, 0.2) is 47.4 Å². The molecule has 2 aromatic carbocycles. The highest BCUT2D eigenvalue weighted by Crippen LogP contribution is 2.26. The number of carbonyl (C=O) groups is 2. The number of pyridine rings is 1. The van der Waals surface area contributed by atoms with Gasteiger partial charge in [-0.1, -0.05) is 43.7 Å². The topological polar surface area (TPSA) is 162 Å². The van der Waals surface area contributed by atoms with Crippen molar-refractivity contribution in [2.24, 2.45) is 0 Å². The number of aromatic nitrogens is 1. The SMILES string of the molecule is CCCCS(=O)(=O)NC(CN(C=O)c1cn(CCc2ccccc2)c2c(F)c(CNC3NCCN3)c(F)cc2c1=O)C(=O)O. The number of unbranched alkanes of at least 4 members (excludes halogenated alkanes) is 1. The van der Waals surface area contributed by atoms with Crippen LogP contribution in [0, 0.1) is 11.6 Å². The highest BCUT2D eigenvalue weighted by atomic mass is 32.2. The molecule has 1 amide bonds. The first-order valence-corrected chi connectivity index (χ1v) is 15.9. The summed E-state index contributed by atoms with van der Waals surface area (Å²) in [6, 6.07) is 8.34. The molecule has 0 spiro atoms. The Morgan fingerprint density at radius 3 is 2.57 bits per heavy atom. The summed E-state index contributed by atoms with van der Waals surface area (Å²) in [4.78, 5) is 38.6. The first kappa shape index (κ1) is 33.1. The Balaban J connectivity index is 1.77. The molecule has 238 valence electrons. The largest absolute Gasteiger partial charge is 0.480 e. The minimum atomic E-state index is -4.01. The van der Waals surface area contributed by atoms with Gasteiger partial charge < -0.3 is 14.6 Å². The van der Waals surface area contributed by atoms with E-state index < -0.39 is 45.6 Å². The van der Waals surface area contributed by atoms with Crippen LogP contribution in [0.4, 0.5) is 14.5 Å². The first-order valence-electron chi connectivity index (χ1n) is 14.3. The van der Waals surface area contributed by atoms with Crippen molar-refractivity contribution in [2.45, 2.75) is 51.6 Å². The predicted molar refractivity (Wildman–Crippen MR) is 162 cm³/mol. The fourth-order valence-electron chi connectivity index (χ4n) is 4.97. The summed E-state index contributed by atoms with van der Waals surface area (Å²) >= 11 is 0. The van der Waals surface area contributed by atoms with Crippen LogP contribution >= 0.6 is 0 Å². The van der Waals surface area contributed by atoms with Crippen LogP contribution < -0.4 is 31.0 Å². The second-order valence-electron chi connectivity index (χ2n) is 10.5. The molecule has 5 N–H and O–H groups in total. The number of hydrogen-bond acceptors (Lipinski definition) is 8. The molecule has 12 nitrogen and oxygen atoms in total. The zero-order chi connectivity index (χ0) is 31.9. The highest BCUT2D eigenvalue weighted by molar-refractivity contribution is 7.89. The van der Waals surface area contributed by atoms with Gasteiger partial charge in [-0.25, -0.2) is 17.2 Å². The number of hydrogen-bond donors (Lipinski definition) is 5. The van der Waals surface area contributed by atoms with Crippen molar-refractivity contribution in [3.63, 3.8) is 0 Å². The number of carbonyl (C=O) groups excluding carboxylic acids is 1. The summed E-state index contributed by atoms with van der Waals surface area (Å²) in [5.41, 5.74) is -0.848. The molecule has 0 radical (unpaired) electrons.